The molecule has 0 aliphatic heterocycles. The summed E-state index contributed by atoms with van der Waals surface area (Å²) in [5.41, 5.74) is 3.89. The first-order chi connectivity index (χ1) is 14.6. The standard InChI is InChI=1S/C24H24N2O4/c1-3-15(2)25-21(27)14-30-24(28)22-18-8-4-5-9-20(18)26-23-16(10-11-19(22)23)13-17-7-6-12-29-17/h4-9,12-13,15H,3,10-11,14H2,1-2H3,(H,25,27)/b16-13+/t15-/m1/s1. The molecular weight excluding hydrogens is 380 g/mol. The van der Waals surface area contributed by atoms with Crippen LogP contribution in [0.15, 0.2) is 47.1 Å². The van der Waals surface area contributed by atoms with Gasteiger partial charge in [0.1, 0.15) is 5.76 Å². The molecule has 1 aliphatic carbocycles. The van der Waals surface area contributed by atoms with E-state index < -0.39 is 5.97 Å². The molecule has 0 unspecified atom stereocenters. The van der Waals surface area contributed by atoms with E-state index in [1.807, 2.05) is 56.3 Å². The summed E-state index contributed by atoms with van der Waals surface area (Å²) in [6, 6.07) is 11.3. The monoisotopic (exact) mass is 404 g/mol. The molecule has 1 amide bonds. The molecule has 154 valence electrons. The summed E-state index contributed by atoms with van der Waals surface area (Å²) in [6.45, 7) is 3.59. The molecule has 0 saturated heterocycles. The van der Waals surface area contributed by atoms with Gasteiger partial charge in [0.05, 0.1) is 23.0 Å². The highest BCUT2D eigenvalue weighted by Crippen LogP contribution is 2.37. The van der Waals surface area contributed by atoms with Gasteiger partial charge in [0.25, 0.3) is 5.91 Å². The number of carbonyl (C=O) groups is 2. The van der Waals surface area contributed by atoms with Crippen LogP contribution in [0.3, 0.4) is 0 Å². The number of nitrogens with zero attached hydrogens (tertiary/aromatic N) is 1. The molecule has 30 heavy (non-hydrogen) atoms. The van der Waals surface area contributed by atoms with E-state index in [4.69, 9.17) is 14.1 Å². The lowest BCUT2D eigenvalue weighted by Gasteiger charge is -2.14. The number of para-hydroxylation sites is 1. The fourth-order valence-electron chi connectivity index (χ4n) is 3.68. The molecule has 3 aromatic rings. The van der Waals surface area contributed by atoms with Crippen molar-refractivity contribution in [2.75, 3.05) is 6.61 Å². The van der Waals surface area contributed by atoms with Crippen molar-refractivity contribution in [2.24, 2.45) is 0 Å². The number of furan rings is 1. The fraction of sp³-hybridized carbons (Fsp3) is 0.292. The topological polar surface area (TPSA) is 81.4 Å². The van der Waals surface area contributed by atoms with Gasteiger partial charge in [-0.1, -0.05) is 25.1 Å². The van der Waals surface area contributed by atoms with E-state index in [0.29, 0.717) is 12.0 Å². The first-order valence-electron chi connectivity index (χ1n) is 10.2. The Hall–Kier alpha value is -3.41. The molecule has 1 aliphatic rings. The highest BCUT2D eigenvalue weighted by molar-refractivity contribution is 6.07. The molecule has 2 heterocycles. The number of carbonyl (C=O) groups excluding carboxylic acids is 2. The summed E-state index contributed by atoms with van der Waals surface area (Å²) in [5.74, 6) is -0.0480. The van der Waals surface area contributed by atoms with Gasteiger partial charge in [-0.05, 0) is 61.6 Å². The smallest absolute Gasteiger partial charge is 0.339 e. The van der Waals surface area contributed by atoms with Crippen LogP contribution < -0.4 is 5.32 Å². The van der Waals surface area contributed by atoms with Crippen LogP contribution in [-0.2, 0) is 16.0 Å². The summed E-state index contributed by atoms with van der Waals surface area (Å²) in [4.78, 5) is 29.9. The zero-order valence-corrected chi connectivity index (χ0v) is 17.1. The van der Waals surface area contributed by atoms with E-state index >= 15 is 0 Å². The lowest BCUT2D eigenvalue weighted by Crippen LogP contribution is -2.35. The Balaban J connectivity index is 1.68. The van der Waals surface area contributed by atoms with Crippen molar-refractivity contribution in [3.63, 3.8) is 0 Å². The van der Waals surface area contributed by atoms with Crippen molar-refractivity contribution in [1.29, 1.82) is 0 Å². The number of benzene rings is 1. The zero-order chi connectivity index (χ0) is 21.1. The average molecular weight is 404 g/mol. The predicted octanol–water partition coefficient (Wildman–Crippen LogP) is 4.39. The van der Waals surface area contributed by atoms with Crippen LogP contribution in [0.4, 0.5) is 0 Å². The lowest BCUT2D eigenvalue weighted by molar-refractivity contribution is -0.124. The summed E-state index contributed by atoms with van der Waals surface area (Å²) in [5, 5.41) is 3.55. The largest absolute Gasteiger partial charge is 0.465 e. The molecule has 6 nitrogen and oxygen atoms in total. The van der Waals surface area contributed by atoms with Crippen molar-refractivity contribution in [3.05, 3.63) is 65.2 Å². The van der Waals surface area contributed by atoms with Crippen LogP contribution >= 0.6 is 0 Å². The van der Waals surface area contributed by atoms with E-state index in [1.54, 1.807) is 6.26 Å². The Morgan fingerprint density at radius 2 is 2.07 bits per heavy atom. The summed E-state index contributed by atoms with van der Waals surface area (Å²) in [6.07, 6.45) is 5.84. The zero-order valence-electron chi connectivity index (χ0n) is 17.1. The third-order valence-corrected chi connectivity index (χ3v) is 5.36. The molecular formula is C24H24N2O4. The van der Waals surface area contributed by atoms with Crippen molar-refractivity contribution < 1.29 is 18.7 Å². The quantitative estimate of drug-likeness (QED) is 0.617. The van der Waals surface area contributed by atoms with Crippen molar-refractivity contribution in [3.8, 4) is 0 Å². The van der Waals surface area contributed by atoms with Gasteiger partial charge in [0.15, 0.2) is 6.61 Å². The lowest BCUT2D eigenvalue weighted by atomic mass is 10.0. The highest BCUT2D eigenvalue weighted by atomic mass is 16.5. The molecule has 4 rings (SSSR count). The molecule has 1 aromatic carbocycles. The third-order valence-electron chi connectivity index (χ3n) is 5.36. The molecule has 0 radical (unpaired) electrons. The second-order valence-corrected chi connectivity index (χ2v) is 7.47. The first-order valence-corrected chi connectivity index (χ1v) is 10.2. The van der Waals surface area contributed by atoms with Crippen LogP contribution in [0.1, 0.15) is 54.1 Å². The van der Waals surface area contributed by atoms with Crippen LogP contribution in [0.5, 0.6) is 0 Å². The number of ether oxygens (including phenoxy) is 1. The molecule has 0 bridgehead atoms. The highest BCUT2D eigenvalue weighted by Gasteiger charge is 2.28. The van der Waals surface area contributed by atoms with E-state index in [0.717, 1.165) is 46.3 Å². The molecule has 0 saturated carbocycles. The number of esters is 1. The Labute approximate surface area is 174 Å². The van der Waals surface area contributed by atoms with Crippen LogP contribution in [0.2, 0.25) is 0 Å². The normalized spacial score (nSPS) is 15.2. The Kier molecular flexibility index (Phi) is 5.65. The molecule has 0 spiro atoms. The van der Waals surface area contributed by atoms with Gasteiger partial charge in [0, 0.05) is 11.4 Å². The summed E-state index contributed by atoms with van der Waals surface area (Å²) >= 11 is 0. The minimum atomic E-state index is -0.497. The van der Waals surface area contributed by atoms with Gasteiger partial charge in [0.2, 0.25) is 0 Å². The Bertz CT molecular complexity index is 1120. The maximum absolute atomic E-state index is 13.0. The Morgan fingerprint density at radius 3 is 2.83 bits per heavy atom. The molecule has 2 aromatic heterocycles. The third kappa shape index (κ3) is 3.99. The average Bonchev–Trinajstić information content (AvgIpc) is 3.40. The second kappa shape index (κ2) is 8.53. The van der Waals surface area contributed by atoms with Crippen LogP contribution in [0, 0.1) is 0 Å². The number of nitrogens with one attached hydrogen (secondary N) is 1. The van der Waals surface area contributed by atoms with Gasteiger partial charge in [-0.2, -0.15) is 0 Å². The number of rotatable bonds is 6. The molecule has 6 heteroatoms. The van der Waals surface area contributed by atoms with Crippen molar-refractivity contribution in [1.82, 2.24) is 10.3 Å². The number of aromatic nitrogens is 1. The number of fused-ring (bicyclic) bond motifs is 2. The van der Waals surface area contributed by atoms with Crippen molar-refractivity contribution in [2.45, 2.75) is 39.2 Å². The SMILES string of the molecule is CC[C@@H](C)NC(=O)COC(=O)c1c2c(nc3ccccc13)/C(=C/c1ccco1)CC2. The van der Waals surface area contributed by atoms with Crippen LogP contribution in [0.25, 0.3) is 22.6 Å². The maximum atomic E-state index is 13.0. The predicted molar refractivity (Wildman–Crippen MR) is 115 cm³/mol. The minimum Gasteiger partial charge on any atom is -0.465 e. The number of allylic oxidation sites excluding steroid dienone is 1. The number of pyridine rings is 1. The summed E-state index contributed by atoms with van der Waals surface area (Å²) in [7, 11) is 0. The van der Waals surface area contributed by atoms with Crippen molar-refractivity contribution >= 4 is 34.4 Å². The number of hydrogen-bond donors (Lipinski definition) is 1. The minimum absolute atomic E-state index is 0.0384. The van der Waals surface area contributed by atoms with E-state index in [1.165, 1.54) is 0 Å². The van der Waals surface area contributed by atoms with Gasteiger partial charge in [-0.25, -0.2) is 9.78 Å². The Morgan fingerprint density at radius 1 is 1.23 bits per heavy atom. The van der Waals surface area contributed by atoms with Gasteiger partial charge in [-0.15, -0.1) is 0 Å². The maximum Gasteiger partial charge on any atom is 0.339 e. The van der Waals surface area contributed by atoms with E-state index in [9.17, 15) is 9.59 Å². The summed E-state index contributed by atoms with van der Waals surface area (Å²) < 4.78 is 10.8. The first kappa shape index (κ1) is 19.9. The molecule has 1 N–H and O–H groups in total. The van der Waals surface area contributed by atoms with E-state index in [-0.39, 0.29) is 18.6 Å². The number of amides is 1. The number of hydrogen-bond acceptors (Lipinski definition) is 5. The fourth-order valence-corrected chi connectivity index (χ4v) is 3.68. The molecule has 1 atom stereocenters. The molecule has 0 fully saturated rings. The van der Waals surface area contributed by atoms with Gasteiger partial charge in [-0.3, -0.25) is 4.79 Å². The van der Waals surface area contributed by atoms with Gasteiger partial charge < -0.3 is 14.5 Å². The second-order valence-electron chi connectivity index (χ2n) is 7.47. The van der Waals surface area contributed by atoms with Gasteiger partial charge >= 0.3 is 5.97 Å². The van der Waals surface area contributed by atoms with E-state index in [2.05, 4.69) is 5.32 Å². The van der Waals surface area contributed by atoms with Crippen LogP contribution in [-0.4, -0.2) is 29.5 Å².